The third-order valence-corrected chi connectivity index (χ3v) is 3.21. The Balaban J connectivity index is 2.12. The number of nitrogens with zero attached hydrogens (tertiary/aromatic N) is 4. The average molecular weight is 295 g/mol. The monoisotopic (exact) mass is 295 g/mol. The Morgan fingerprint density at radius 2 is 2.14 bits per heavy atom. The van der Waals surface area contributed by atoms with Gasteiger partial charge >= 0.3 is 0 Å². The molecular formula is C16H17N5O. The molecule has 3 rings (SSSR count). The van der Waals surface area contributed by atoms with Crippen LogP contribution in [0.25, 0.3) is 17.1 Å². The van der Waals surface area contributed by atoms with Crippen LogP contribution in [0.2, 0.25) is 0 Å². The minimum Gasteiger partial charge on any atom is -0.497 e. The molecule has 6 heteroatoms. The zero-order chi connectivity index (χ0) is 15.4. The molecule has 0 aliphatic carbocycles. The summed E-state index contributed by atoms with van der Waals surface area (Å²) in [5, 5.41) is 7.49. The highest BCUT2D eigenvalue weighted by molar-refractivity contribution is 5.69. The van der Waals surface area contributed by atoms with E-state index in [1.54, 1.807) is 24.2 Å². The van der Waals surface area contributed by atoms with Gasteiger partial charge in [0.2, 0.25) is 0 Å². The van der Waals surface area contributed by atoms with Gasteiger partial charge in [0, 0.05) is 36.8 Å². The van der Waals surface area contributed by atoms with Crippen molar-refractivity contribution in [1.29, 1.82) is 0 Å². The summed E-state index contributed by atoms with van der Waals surface area (Å²) in [6.07, 6.45) is 5.36. The minimum absolute atomic E-state index is 0.645. The van der Waals surface area contributed by atoms with Crippen molar-refractivity contribution in [3.63, 3.8) is 0 Å². The van der Waals surface area contributed by atoms with E-state index in [4.69, 9.17) is 4.74 Å². The summed E-state index contributed by atoms with van der Waals surface area (Å²) in [5.74, 6) is 2.21. The number of hydrogen-bond donors (Lipinski definition) is 1. The van der Waals surface area contributed by atoms with Gasteiger partial charge < -0.3 is 10.1 Å². The molecule has 0 unspecified atom stereocenters. The zero-order valence-electron chi connectivity index (χ0n) is 12.5. The van der Waals surface area contributed by atoms with Gasteiger partial charge in [-0.05, 0) is 31.2 Å². The van der Waals surface area contributed by atoms with Crippen molar-refractivity contribution in [2.45, 2.75) is 6.92 Å². The van der Waals surface area contributed by atoms with Crippen LogP contribution in [0, 0.1) is 0 Å². The van der Waals surface area contributed by atoms with Crippen LogP contribution < -0.4 is 10.1 Å². The van der Waals surface area contributed by atoms with E-state index in [2.05, 4.69) is 20.4 Å². The number of hydrogen-bond acceptors (Lipinski definition) is 5. The van der Waals surface area contributed by atoms with E-state index in [9.17, 15) is 0 Å². The quantitative estimate of drug-likeness (QED) is 0.784. The lowest BCUT2D eigenvalue weighted by molar-refractivity contribution is 0.414. The van der Waals surface area contributed by atoms with Gasteiger partial charge in [0.15, 0.2) is 5.82 Å². The van der Waals surface area contributed by atoms with E-state index >= 15 is 0 Å². The molecule has 0 saturated carbocycles. The second-order valence-electron chi connectivity index (χ2n) is 4.63. The zero-order valence-corrected chi connectivity index (χ0v) is 12.5. The van der Waals surface area contributed by atoms with Crippen LogP contribution in [0.4, 0.5) is 5.82 Å². The maximum Gasteiger partial charge on any atom is 0.163 e. The first-order valence-corrected chi connectivity index (χ1v) is 7.07. The summed E-state index contributed by atoms with van der Waals surface area (Å²) in [4.78, 5) is 8.94. The first-order valence-electron chi connectivity index (χ1n) is 7.07. The van der Waals surface area contributed by atoms with Crippen LogP contribution in [0.5, 0.6) is 5.75 Å². The van der Waals surface area contributed by atoms with E-state index in [1.165, 1.54) is 0 Å². The standard InChI is InChI=1S/C16H17N5O/c1-3-17-15-7-9-18-16(20-15)13-6-5-12(22-2)11-14(13)21-10-4-8-19-21/h4-11H,3H2,1-2H3,(H,17,18,20). The molecule has 0 atom stereocenters. The molecule has 0 spiro atoms. The summed E-state index contributed by atoms with van der Waals surface area (Å²) >= 11 is 0. The van der Waals surface area contributed by atoms with Crippen molar-refractivity contribution in [2.75, 3.05) is 19.0 Å². The van der Waals surface area contributed by atoms with Crippen LogP contribution in [0.3, 0.4) is 0 Å². The SMILES string of the molecule is CCNc1ccnc(-c2ccc(OC)cc2-n2cccn2)n1. The predicted molar refractivity (Wildman–Crippen MR) is 85.3 cm³/mol. The highest BCUT2D eigenvalue weighted by Crippen LogP contribution is 2.28. The molecule has 22 heavy (non-hydrogen) atoms. The molecule has 0 amide bonds. The van der Waals surface area contributed by atoms with Crippen LogP contribution in [-0.4, -0.2) is 33.4 Å². The normalized spacial score (nSPS) is 10.5. The third-order valence-electron chi connectivity index (χ3n) is 3.21. The van der Waals surface area contributed by atoms with E-state index in [0.29, 0.717) is 5.82 Å². The Kier molecular flexibility index (Phi) is 4.00. The molecule has 0 fully saturated rings. The lowest BCUT2D eigenvalue weighted by atomic mass is 10.1. The van der Waals surface area contributed by atoms with Crippen LogP contribution in [-0.2, 0) is 0 Å². The second kappa shape index (κ2) is 6.26. The van der Waals surface area contributed by atoms with Gasteiger partial charge in [-0.15, -0.1) is 0 Å². The predicted octanol–water partition coefficient (Wildman–Crippen LogP) is 2.77. The average Bonchev–Trinajstić information content (AvgIpc) is 3.09. The number of benzene rings is 1. The van der Waals surface area contributed by atoms with E-state index in [1.807, 2.05) is 43.5 Å². The number of rotatable bonds is 5. The van der Waals surface area contributed by atoms with Gasteiger partial charge in [-0.3, -0.25) is 0 Å². The Bertz CT molecular complexity index is 755. The first kappa shape index (κ1) is 14.1. The van der Waals surface area contributed by atoms with Gasteiger partial charge in [-0.1, -0.05) is 0 Å². The summed E-state index contributed by atoms with van der Waals surface area (Å²) in [6.45, 7) is 2.84. The molecule has 3 aromatic rings. The minimum atomic E-state index is 0.645. The number of aromatic nitrogens is 4. The Hall–Kier alpha value is -2.89. The molecule has 2 aromatic heterocycles. The Morgan fingerprint density at radius 3 is 2.86 bits per heavy atom. The number of anilines is 1. The molecule has 1 N–H and O–H groups in total. The van der Waals surface area contributed by atoms with Crippen molar-refractivity contribution >= 4 is 5.82 Å². The maximum absolute atomic E-state index is 5.31. The smallest absolute Gasteiger partial charge is 0.163 e. The Labute approximate surface area is 128 Å². The molecule has 0 aliphatic rings. The lowest BCUT2D eigenvalue weighted by Gasteiger charge is -2.11. The van der Waals surface area contributed by atoms with Crippen LogP contribution in [0.15, 0.2) is 48.9 Å². The summed E-state index contributed by atoms with van der Waals surface area (Å²) in [7, 11) is 1.64. The molecule has 1 aromatic carbocycles. The topological polar surface area (TPSA) is 64.9 Å². The fraction of sp³-hybridized carbons (Fsp3) is 0.188. The van der Waals surface area contributed by atoms with Crippen molar-refractivity contribution in [1.82, 2.24) is 19.7 Å². The fourth-order valence-corrected chi connectivity index (χ4v) is 2.20. The third kappa shape index (κ3) is 2.76. The fourth-order valence-electron chi connectivity index (χ4n) is 2.20. The number of methoxy groups -OCH3 is 1. The largest absolute Gasteiger partial charge is 0.497 e. The highest BCUT2D eigenvalue weighted by Gasteiger charge is 2.12. The summed E-state index contributed by atoms with van der Waals surface area (Å²) < 4.78 is 7.09. The molecule has 0 aliphatic heterocycles. The summed E-state index contributed by atoms with van der Waals surface area (Å²) in [5.41, 5.74) is 1.77. The number of ether oxygens (including phenoxy) is 1. The number of nitrogens with one attached hydrogen (secondary N) is 1. The van der Waals surface area contributed by atoms with Crippen LogP contribution >= 0.6 is 0 Å². The second-order valence-corrected chi connectivity index (χ2v) is 4.63. The van der Waals surface area contributed by atoms with E-state index in [0.717, 1.165) is 29.4 Å². The highest BCUT2D eigenvalue weighted by atomic mass is 16.5. The maximum atomic E-state index is 5.31. The van der Waals surface area contributed by atoms with Gasteiger partial charge in [0.05, 0.1) is 12.8 Å². The van der Waals surface area contributed by atoms with E-state index < -0.39 is 0 Å². The molecule has 0 bridgehead atoms. The van der Waals surface area contributed by atoms with Gasteiger partial charge in [0.25, 0.3) is 0 Å². The van der Waals surface area contributed by atoms with Gasteiger partial charge in [-0.25, -0.2) is 14.6 Å². The molecule has 0 saturated heterocycles. The molecule has 2 heterocycles. The molecule has 0 radical (unpaired) electrons. The van der Waals surface area contributed by atoms with Crippen molar-refractivity contribution < 1.29 is 4.74 Å². The van der Waals surface area contributed by atoms with Gasteiger partial charge in [0.1, 0.15) is 11.6 Å². The van der Waals surface area contributed by atoms with E-state index in [-0.39, 0.29) is 0 Å². The van der Waals surface area contributed by atoms with Crippen molar-refractivity contribution in [2.24, 2.45) is 0 Å². The molecular weight excluding hydrogens is 278 g/mol. The van der Waals surface area contributed by atoms with Crippen molar-refractivity contribution in [3.8, 4) is 22.8 Å². The first-order chi connectivity index (χ1) is 10.8. The lowest BCUT2D eigenvalue weighted by Crippen LogP contribution is -2.03. The molecule has 112 valence electrons. The van der Waals surface area contributed by atoms with Gasteiger partial charge in [-0.2, -0.15) is 5.10 Å². The van der Waals surface area contributed by atoms with Crippen LogP contribution in [0.1, 0.15) is 6.92 Å². The summed E-state index contributed by atoms with van der Waals surface area (Å²) in [6, 6.07) is 9.49. The van der Waals surface area contributed by atoms with Crippen molar-refractivity contribution in [3.05, 3.63) is 48.9 Å². The molecule has 6 nitrogen and oxygen atoms in total. The Morgan fingerprint density at radius 1 is 1.23 bits per heavy atom.